The summed E-state index contributed by atoms with van der Waals surface area (Å²) >= 11 is 0. The van der Waals surface area contributed by atoms with Crippen molar-refractivity contribution in [2.75, 3.05) is 12.9 Å². The van der Waals surface area contributed by atoms with Crippen molar-refractivity contribution >= 4 is 10.8 Å². The van der Waals surface area contributed by atoms with Crippen LogP contribution in [0.4, 0.5) is 0 Å². The molecule has 1 aliphatic rings. The molecule has 0 saturated carbocycles. The molecule has 2 atom stereocenters. The summed E-state index contributed by atoms with van der Waals surface area (Å²) in [5.74, 6) is 0.995. The number of benzene rings is 2. The van der Waals surface area contributed by atoms with Crippen molar-refractivity contribution in [1.82, 2.24) is 5.32 Å². The summed E-state index contributed by atoms with van der Waals surface area (Å²) in [4.78, 5) is 0.872. The molecule has 0 spiro atoms. The minimum Gasteiger partial charge on any atom is -0.493 e. The second kappa shape index (κ2) is 7.07. The summed E-state index contributed by atoms with van der Waals surface area (Å²) in [6.07, 6.45) is 3.84. The Morgan fingerprint density at radius 1 is 1.18 bits per heavy atom. The van der Waals surface area contributed by atoms with Crippen LogP contribution < -0.4 is 10.1 Å². The van der Waals surface area contributed by atoms with E-state index >= 15 is 0 Å². The summed E-state index contributed by atoms with van der Waals surface area (Å²) in [5.41, 5.74) is 2.45. The summed E-state index contributed by atoms with van der Waals surface area (Å²) < 4.78 is 17.2. The first-order valence-corrected chi connectivity index (χ1v) is 9.17. The van der Waals surface area contributed by atoms with Gasteiger partial charge in [-0.1, -0.05) is 30.3 Å². The van der Waals surface area contributed by atoms with Gasteiger partial charge in [-0.15, -0.1) is 0 Å². The molecular formula is C18H21NO2S. The van der Waals surface area contributed by atoms with Crippen molar-refractivity contribution in [1.29, 1.82) is 0 Å². The molecule has 1 heterocycles. The van der Waals surface area contributed by atoms with Crippen molar-refractivity contribution in [3.63, 3.8) is 0 Å². The van der Waals surface area contributed by atoms with Gasteiger partial charge in [0.05, 0.1) is 6.61 Å². The molecule has 116 valence electrons. The van der Waals surface area contributed by atoms with Gasteiger partial charge in [-0.05, 0) is 36.6 Å². The second-order valence-corrected chi connectivity index (χ2v) is 6.94. The number of para-hydroxylation sites is 1. The van der Waals surface area contributed by atoms with Crippen LogP contribution in [-0.4, -0.2) is 17.1 Å². The Kier molecular flexibility index (Phi) is 4.90. The Bertz CT molecular complexity index is 654. The van der Waals surface area contributed by atoms with Gasteiger partial charge in [-0.2, -0.15) is 0 Å². The van der Waals surface area contributed by atoms with Gasteiger partial charge < -0.3 is 10.1 Å². The number of nitrogens with one attached hydrogen (secondary N) is 1. The van der Waals surface area contributed by atoms with Crippen LogP contribution >= 0.6 is 0 Å². The first kappa shape index (κ1) is 15.3. The minimum absolute atomic E-state index is 0.318. The summed E-state index contributed by atoms with van der Waals surface area (Å²) in [6, 6.07) is 16.6. The highest BCUT2D eigenvalue weighted by atomic mass is 32.2. The predicted octanol–water partition coefficient (Wildman–Crippen LogP) is 3.43. The van der Waals surface area contributed by atoms with E-state index in [2.05, 4.69) is 17.4 Å². The lowest BCUT2D eigenvalue weighted by molar-refractivity contribution is 0.315. The van der Waals surface area contributed by atoms with E-state index in [4.69, 9.17) is 4.74 Å². The van der Waals surface area contributed by atoms with Crippen LogP contribution in [0.2, 0.25) is 0 Å². The molecule has 0 fully saturated rings. The van der Waals surface area contributed by atoms with E-state index in [1.165, 1.54) is 11.1 Å². The average molecular weight is 315 g/mol. The topological polar surface area (TPSA) is 38.3 Å². The number of ether oxygens (including phenoxy) is 1. The van der Waals surface area contributed by atoms with Crippen LogP contribution in [0.5, 0.6) is 5.75 Å². The third kappa shape index (κ3) is 3.57. The molecule has 3 nitrogen and oxygen atoms in total. The van der Waals surface area contributed by atoms with Crippen molar-refractivity contribution in [3.05, 3.63) is 59.7 Å². The number of fused-ring (bicyclic) bond motifs is 1. The van der Waals surface area contributed by atoms with Gasteiger partial charge in [0.25, 0.3) is 0 Å². The zero-order valence-corrected chi connectivity index (χ0v) is 13.6. The average Bonchev–Trinajstić information content (AvgIpc) is 2.75. The van der Waals surface area contributed by atoms with Crippen LogP contribution in [0.15, 0.2) is 53.4 Å². The molecule has 22 heavy (non-hydrogen) atoms. The van der Waals surface area contributed by atoms with Crippen molar-refractivity contribution in [3.8, 4) is 5.75 Å². The second-order valence-electron chi connectivity index (χ2n) is 5.56. The van der Waals surface area contributed by atoms with E-state index in [1.807, 2.05) is 36.4 Å². The highest BCUT2D eigenvalue weighted by Gasteiger charge is 2.18. The van der Waals surface area contributed by atoms with E-state index in [1.54, 1.807) is 6.26 Å². The molecule has 2 aromatic carbocycles. The van der Waals surface area contributed by atoms with E-state index in [9.17, 15) is 4.21 Å². The molecule has 1 N–H and O–H groups in total. The molecule has 2 aromatic rings. The van der Waals surface area contributed by atoms with Crippen molar-refractivity contribution < 1.29 is 8.95 Å². The lowest BCUT2D eigenvalue weighted by Gasteiger charge is -2.18. The van der Waals surface area contributed by atoms with E-state index in [0.717, 1.165) is 36.6 Å². The lowest BCUT2D eigenvalue weighted by Crippen LogP contribution is -2.20. The molecule has 1 aliphatic heterocycles. The molecule has 0 aromatic heterocycles. The Morgan fingerprint density at radius 3 is 2.73 bits per heavy atom. The third-order valence-electron chi connectivity index (χ3n) is 4.00. The quantitative estimate of drug-likeness (QED) is 0.939. The molecule has 0 bridgehead atoms. The number of rotatable bonds is 4. The fourth-order valence-corrected chi connectivity index (χ4v) is 3.30. The van der Waals surface area contributed by atoms with Gasteiger partial charge in [0.2, 0.25) is 0 Å². The maximum absolute atomic E-state index is 11.4. The predicted molar refractivity (Wildman–Crippen MR) is 89.5 cm³/mol. The third-order valence-corrected chi connectivity index (χ3v) is 4.93. The van der Waals surface area contributed by atoms with Gasteiger partial charge in [0.15, 0.2) is 0 Å². The van der Waals surface area contributed by atoms with Crippen LogP contribution in [0.1, 0.15) is 30.0 Å². The van der Waals surface area contributed by atoms with Gasteiger partial charge in [0.1, 0.15) is 5.75 Å². The highest BCUT2D eigenvalue weighted by molar-refractivity contribution is 7.84. The summed E-state index contributed by atoms with van der Waals surface area (Å²) in [6.45, 7) is 1.59. The van der Waals surface area contributed by atoms with Crippen LogP contribution in [0.25, 0.3) is 0 Å². The largest absolute Gasteiger partial charge is 0.493 e. The molecule has 3 rings (SSSR count). The molecule has 0 amide bonds. The highest BCUT2D eigenvalue weighted by Crippen LogP contribution is 2.31. The molecule has 0 unspecified atom stereocenters. The van der Waals surface area contributed by atoms with E-state index < -0.39 is 10.8 Å². The Hall–Kier alpha value is -1.65. The van der Waals surface area contributed by atoms with Crippen molar-refractivity contribution in [2.24, 2.45) is 0 Å². The first-order chi connectivity index (χ1) is 10.7. The van der Waals surface area contributed by atoms with Crippen molar-refractivity contribution in [2.45, 2.75) is 30.3 Å². The fraction of sp³-hybridized carbons (Fsp3) is 0.333. The van der Waals surface area contributed by atoms with Crippen LogP contribution in [-0.2, 0) is 17.3 Å². The Morgan fingerprint density at radius 2 is 1.95 bits per heavy atom. The van der Waals surface area contributed by atoms with E-state index in [0.29, 0.717) is 6.04 Å². The minimum atomic E-state index is -0.914. The fourth-order valence-electron chi connectivity index (χ4n) is 2.78. The van der Waals surface area contributed by atoms with Gasteiger partial charge in [-0.3, -0.25) is 4.21 Å². The molecular weight excluding hydrogens is 294 g/mol. The molecule has 0 radical (unpaired) electrons. The lowest BCUT2D eigenvalue weighted by atomic mass is 10.0. The zero-order chi connectivity index (χ0) is 15.4. The maximum Gasteiger partial charge on any atom is 0.124 e. The van der Waals surface area contributed by atoms with Crippen LogP contribution in [0, 0.1) is 0 Å². The monoisotopic (exact) mass is 315 g/mol. The smallest absolute Gasteiger partial charge is 0.124 e. The van der Waals surface area contributed by atoms with Crippen LogP contribution in [0.3, 0.4) is 0 Å². The Labute approximate surface area is 134 Å². The normalized spacial score (nSPS) is 18.9. The Balaban J connectivity index is 1.69. The molecule has 0 saturated heterocycles. The standard InChI is InChI=1S/C18H21NO2S/c1-22(20)15-10-8-14(9-11-15)13-19-17-6-4-12-21-18-7-3-2-5-16(17)18/h2-3,5,7-11,17,19H,4,6,12-13H2,1H3/t17-,22-/m0/s1. The molecule has 4 heteroatoms. The zero-order valence-electron chi connectivity index (χ0n) is 12.7. The van der Waals surface area contributed by atoms with Gasteiger partial charge in [0, 0.05) is 40.1 Å². The first-order valence-electron chi connectivity index (χ1n) is 7.61. The summed E-state index contributed by atoms with van der Waals surface area (Å²) in [7, 11) is -0.914. The van der Waals surface area contributed by atoms with Gasteiger partial charge in [-0.25, -0.2) is 0 Å². The number of hydrogen-bond acceptors (Lipinski definition) is 3. The maximum atomic E-state index is 11.4. The number of hydrogen-bond donors (Lipinski definition) is 1. The molecule has 0 aliphatic carbocycles. The van der Waals surface area contributed by atoms with Gasteiger partial charge >= 0.3 is 0 Å². The van der Waals surface area contributed by atoms with E-state index in [-0.39, 0.29) is 0 Å². The summed E-state index contributed by atoms with van der Waals surface area (Å²) in [5, 5.41) is 3.63. The SMILES string of the molecule is C[S@](=O)c1ccc(CN[C@H]2CCCOc3ccccc32)cc1.